The molecule has 0 aliphatic heterocycles. The van der Waals surface area contributed by atoms with E-state index < -0.39 is 11.7 Å². The van der Waals surface area contributed by atoms with Gasteiger partial charge in [0.2, 0.25) is 0 Å². The Morgan fingerprint density at radius 1 is 1.29 bits per heavy atom. The van der Waals surface area contributed by atoms with Crippen molar-refractivity contribution in [2.75, 3.05) is 0 Å². The first-order valence-corrected chi connectivity index (χ1v) is 6.41. The second-order valence-corrected chi connectivity index (χ2v) is 4.67. The molecule has 3 nitrogen and oxygen atoms in total. The number of hydrogen-bond acceptors (Lipinski definition) is 2. The second-order valence-electron chi connectivity index (χ2n) is 4.67. The first-order chi connectivity index (χ1) is 9.91. The van der Waals surface area contributed by atoms with Crippen LogP contribution >= 0.6 is 0 Å². The SMILES string of the molecule is CC([CH]CC=O)c1nc(-c2ccc(C(F)(F)F)cc2)c[nH]1. The lowest BCUT2D eigenvalue weighted by atomic mass is 10.1. The zero-order valence-corrected chi connectivity index (χ0v) is 11.3. The van der Waals surface area contributed by atoms with Crippen molar-refractivity contribution in [3.63, 3.8) is 0 Å². The van der Waals surface area contributed by atoms with Crippen LogP contribution in [0, 0.1) is 6.42 Å². The summed E-state index contributed by atoms with van der Waals surface area (Å²) < 4.78 is 37.5. The van der Waals surface area contributed by atoms with E-state index in [2.05, 4.69) is 9.97 Å². The molecule has 0 aliphatic rings. The third-order valence-corrected chi connectivity index (χ3v) is 3.12. The lowest BCUT2D eigenvalue weighted by Gasteiger charge is -2.06. The molecule has 1 atom stereocenters. The maximum Gasteiger partial charge on any atom is 0.416 e. The van der Waals surface area contributed by atoms with E-state index in [4.69, 9.17) is 0 Å². The van der Waals surface area contributed by atoms with Gasteiger partial charge < -0.3 is 9.78 Å². The van der Waals surface area contributed by atoms with Crippen LogP contribution in [0.5, 0.6) is 0 Å². The fourth-order valence-electron chi connectivity index (χ4n) is 1.92. The number of carbonyl (C=O) groups excluding carboxylic acids is 1. The van der Waals surface area contributed by atoms with Crippen LogP contribution < -0.4 is 0 Å². The zero-order chi connectivity index (χ0) is 15.5. The van der Waals surface area contributed by atoms with Gasteiger partial charge in [0.05, 0.1) is 11.3 Å². The van der Waals surface area contributed by atoms with Crippen LogP contribution in [-0.2, 0) is 11.0 Å². The minimum atomic E-state index is -4.34. The summed E-state index contributed by atoms with van der Waals surface area (Å²) in [6.45, 7) is 1.89. The Morgan fingerprint density at radius 3 is 2.52 bits per heavy atom. The van der Waals surface area contributed by atoms with Crippen LogP contribution in [0.3, 0.4) is 0 Å². The van der Waals surface area contributed by atoms with Crippen LogP contribution in [0.25, 0.3) is 11.3 Å². The highest BCUT2D eigenvalue weighted by atomic mass is 19.4. The fourth-order valence-corrected chi connectivity index (χ4v) is 1.92. The molecule has 1 radical (unpaired) electrons. The summed E-state index contributed by atoms with van der Waals surface area (Å²) in [6, 6.07) is 4.85. The number of alkyl halides is 3. The third kappa shape index (κ3) is 3.71. The normalized spacial score (nSPS) is 13.1. The number of benzene rings is 1. The number of carbonyl (C=O) groups is 1. The van der Waals surface area contributed by atoms with E-state index in [0.29, 0.717) is 23.5 Å². The van der Waals surface area contributed by atoms with Gasteiger partial charge in [0, 0.05) is 24.1 Å². The standard InChI is InChI=1S/C15H14F3N2O/c1-10(3-2-8-21)14-19-9-13(20-14)11-4-6-12(7-5-11)15(16,17)18/h3-10H,2H2,1H3,(H,19,20). The maximum atomic E-state index is 12.5. The molecule has 1 heterocycles. The quantitative estimate of drug-likeness (QED) is 0.848. The average Bonchev–Trinajstić information content (AvgIpc) is 2.94. The van der Waals surface area contributed by atoms with Crippen molar-refractivity contribution in [2.45, 2.75) is 25.4 Å². The highest BCUT2D eigenvalue weighted by Gasteiger charge is 2.30. The molecule has 0 spiro atoms. The lowest BCUT2D eigenvalue weighted by Crippen LogP contribution is -2.04. The van der Waals surface area contributed by atoms with E-state index in [-0.39, 0.29) is 5.92 Å². The molecule has 1 aromatic carbocycles. The van der Waals surface area contributed by atoms with E-state index in [1.165, 1.54) is 12.1 Å². The highest BCUT2D eigenvalue weighted by Crippen LogP contribution is 2.31. The molecule has 1 aromatic heterocycles. The molecule has 0 bridgehead atoms. The first kappa shape index (κ1) is 15.3. The Balaban J connectivity index is 2.16. The monoisotopic (exact) mass is 295 g/mol. The molecule has 6 heteroatoms. The van der Waals surface area contributed by atoms with E-state index >= 15 is 0 Å². The van der Waals surface area contributed by atoms with Gasteiger partial charge in [0.1, 0.15) is 12.1 Å². The van der Waals surface area contributed by atoms with Crippen molar-refractivity contribution in [1.82, 2.24) is 9.97 Å². The molecule has 1 N–H and O–H groups in total. The molecule has 21 heavy (non-hydrogen) atoms. The molecular weight excluding hydrogens is 281 g/mol. The molecule has 0 amide bonds. The van der Waals surface area contributed by atoms with E-state index in [1.54, 1.807) is 6.20 Å². The number of hydrogen-bond donors (Lipinski definition) is 1. The predicted octanol–water partition coefficient (Wildman–Crippen LogP) is 3.99. The number of nitrogens with zero attached hydrogens (tertiary/aromatic N) is 1. The molecule has 2 rings (SSSR count). The number of rotatable bonds is 5. The van der Waals surface area contributed by atoms with Gasteiger partial charge in [-0.2, -0.15) is 13.2 Å². The summed E-state index contributed by atoms with van der Waals surface area (Å²) in [4.78, 5) is 17.6. The van der Waals surface area contributed by atoms with Crippen molar-refractivity contribution in [1.29, 1.82) is 0 Å². The third-order valence-electron chi connectivity index (χ3n) is 3.12. The number of aromatic amines is 1. The number of aromatic nitrogens is 2. The van der Waals surface area contributed by atoms with Gasteiger partial charge in [-0.05, 0) is 18.6 Å². The summed E-state index contributed by atoms with van der Waals surface area (Å²) >= 11 is 0. The summed E-state index contributed by atoms with van der Waals surface area (Å²) in [6.07, 6.45) is 0.243. The smallest absolute Gasteiger partial charge is 0.348 e. The van der Waals surface area contributed by atoms with Gasteiger partial charge >= 0.3 is 6.18 Å². The van der Waals surface area contributed by atoms with Gasteiger partial charge in [-0.3, -0.25) is 0 Å². The van der Waals surface area contributed by atoms with E-state index in [9.17, 15) is 18.0 Å². The highest BCUT2D eigenvalue weighted by molar-refractivity contribution is 5.59. The molecule has 2 aromatic rings. The molecule has 111 valence electrons. The first-order valence-electron chi connectivity index (χ1n) is 6.41. The van der Waals surface area contributed by atoms with Crippen LogP contribution in [0.15, 0.2) is 30.5 Å². The van der Waals surface area contributed by atoms with Crippen LogP contribution in [0.2, 0.25) is 0 Å². The Labute approximate surface area is 120 Å². The van der Waals surface area contributed by atoms with Crippen LogP contribution in [-0.4, -0.2) is 16.3 Å². The number of aldehydes is 1. The van der Waals surface area contributed by atoms with Gasteiger partial charge in [0.15, 0.2) is 0 Å². The lowest BCUT2D eigenvalue weighted by molar-refractivity contribution is -0.137. The summed E-state index contributed by atoms with van der Waals surface area (Å²) in [7, 11) is 0. The Bertz CT molecular complexity index is 602. The van der Waals surface area contributed by atoms with Crippen molar-refractivity contribution in [3.05, 3.63) is 48.3 Å². The topological polar surface area (TPSA) is 45.8 Å². The Hall–Kier alpha value is -2.11. The Kier molecular flexibility index (Phi) is 4.45. The van der Waals surface area contributed by atoms with Gasteiger partial charge in [-0.15, -0.1) is 0 Å². The van der Waals surface area contributed by atoms with E-state index in [0.717, 1.165) is 18.4 Å². The van der Waals surface area contributed by atoms with Crippen LogP contribution in [0.1, 0.15) is 30.7 Å². The minimum absolute atomic E-state index is 0.0293. The zero-order valence-electron chi connectivity index (χ0n) is 11.3. The molecule has 0 aliphatic carbocycles. The number of imidazole rings is 1. The average molecular weight is 295 g/mol. The van der Waals surface area contributed by atoms with Crippen molar-refractivity contribution in [2.24, 2.45) is 0 Å². The van der Waals surface area contributed by atoms with Crippen molar-refractivity contribution < 1.29 is 18.0 Å². The largest absolute Gasteiger partial charge is 0.416 e. The maximum absolute atomic E-state index is 12.5. The molecular formula is C15H14F3N2O. The molecule has 0 saturated heterocycles. The van der Waals surface area contributed by atoms with Crippen molar-refractivity contribution >= 4 is 6.29 Å². The second kappa shape index (κ2) is 6.11. The molecule has 1 unspecified atom stereocenters. The molecule has 0 saturated carbocycles. The number of nitrogens with one attached hydrogen (secondary N) is 1. The minimum Gasteiger partial charge on any atom is -0.348 e. The van der Waals surface area contributed by atoms with Gasteiger partial charge in [-0.25, -0.2) is 4.98 Å². The number of H-pyrrole nitrogens is 1. The fraction of sp³-hybridized carbons (Fsp3) is 0.267. The van der Waals surface area contributed by atoms with Crippen molar-refractivity contribution in [3.8, 4) is 11.3 Å². The van der Waals surface area contributed by atoms with E-state index in [1.807, 2.05) is 13.3 Å². The predicted molar refractivity (Wildman–Crippen MR) is 72.4 cm³/mol. The van der Waals surface area contributed by atoms with Crippen LogP contribution in [0.4, 0.5) is 13.2 Å². The summed E-state index contributed by atoms with van der Waals surface area (Å²) in [5, 5.41) is 0. The molecule has 0 fully saturated rings. The van der Waals surface area contributed by atoms with Gasteiger partial charge in [-0.1, -0.05) is 19.1 Å². The summed E-state index contributed by atoms with van der Waals surface area (Å²) in [5.41, 5.74) is 0.493. The number of halogens is 3. The Morgan fingerprint density at radius 2 is 1.95 bits per heavy atom. The summed E-state index contributed by atoms with van der Waals surface area (Å²) in [5.74, 6) is 0.644. The van der Waals surface area contributed by atoms with Gasteiger partial charge in [0.25, 0.3) is 0 Å².